The van der Waals surface area contributed by atoms with Crippen LogP contribution in [-0.4, -0.2) is 48.9 Å². The molecule has 1 aliphatic rings. The Morgan fingerprint density at radius 3 is 2.39 bits per heavy atom. The van der Waals surface area contributed by atoms with Crippen molar-refractivity contribution in [1.82, 2.24) is 10.2 Å². The number of alkyl carbamates (subject to hydrolysis) is 1. The number of hydrogen-bond donors (Lipinski definition) is 1. The Labute approximate surface area is 193 Å². The molecule has 8 heteroatoms. The van der Waals surface area contributed by atoms with Crippen LogP contribution in [0.2, 0.25) is 0 Å². The van der Waals surface area contributed by atoms with E-state index in [1.807, 2.05) is 39.0 Å². The van der Waals surface area contributed by atoms with Crippen LogP contribution in [0.25, 0.3) is 0 Å². The maximum Gasteiger partial charge on any atom is 0.407 e. The number of halogens is 2. The summed E-state index contributed by atoms with van der Waals surface area (Å²) in [6.45, 7) is 5.38. The number of amides is 1. The molecule has 2 aromatic carbocycles. The van der Waals surface area contributed by atoms with Crippen molar-refractivity contribution in [3.8, 4) is 11.5 Å². The van der Waals surface area contributed by atoms with E-state index in [1.54, 1.807) is 12.1 Å². The lowest BCUT2D eigenvalue weighted by molar-refractivity contribution is -0.0499. The van der Waals surface area contributed by atoms with Crippen molar-refractivity contribution >= 4 is 6.09 Å². The van der Waals surface area contributed by atoms with Crippen LogP contribution in [0.15, 0.2) is 54.6 Å². The van der Waals surface area contributed by atoms with Crippen LogP contribution in [0.3, 0.4) is 0 Å². The third-order valence-electron chi connectivity index (χ3n) is 5.28. The maximum absolute atomic E-state index is 12.4. The molecular formula is C25H32F2N2O4. The number of ether oxygens (including phenoxy) is 3. The van der Waals surface area contributed by atoms with E-state index < -0.39 is 18.3 Å². The highest BCUT2D eigenvalue weighted by atomic mass is 19.3. The molecule has 3 rings (SSSR count). The minimum Gasteiger partial charge on any atom is -0.493 e. The predicted molar refractivity (Wildman–Crippen MR) is 122 cm³/mol. The first kappa shape index (κ1) is 24.8. The second-order valence-electron chi connectivity index (χ2n) is 9.18. The zero-order valence-corrected chi connectivity index (χ0v) is 19.3. The summed E-state index contributed by atoms with van der Waals surface area (Å²) in [6, 6.07) is 16.2. The van der Waals surface area contributed by atoms with Gasteiger partial charge < -0.3 is 19.5 Å². The van der Waals surface area contributed by atoms with Gasteiger partial charge in [-0.1, -0.05) is 30.3 Å². The van der Waals surface area contributed by atoms with Crippen LogP contribution in [-0.2, 0) is 11.3 Å². The minimum absolute atomic E-state index is 0.0203. The quantitative estimate of drug-likeness (QED) is 0.593. The lowest BCUT2D eigenvalue weighted by Crippen LogP contribution is -2.53. The Kier molecular flexibility index (Phi) is 8.49. The van der Waals surface area contributed by atoms with Crippen molar-refractivity contribution < 1.29 is 27.8 Å². The lowest BCUT2D eigenvalue weighted by atomic mass is 9.92. The molecule has 0 aliphatic carbocycles. The average Bonchev–Trinajstić information content (AvgIpc) is 2.74. The highest BCUT2D eigenvalue weighted by Crippen LogP contribution is 2.24. The van der Waals surface area contributed by atoms with Crippen LogP contribution in [0.1, 0.15) is 32.8 Å². The van der Waals surface area contributed by atoms with Gasteiger partial charge in [-0.2, -0.15) is 8.78 Å². The van der Waals surface area contributed by atoms with Crippen molar-refractivity contribution in [2.24, 2.45) is 5.92 Å². The van der Waals surface area contributed by atoms with Gasteiger partial charge in [-0.05, 0) is 57.0 Å². The number of nitrogens with one attached hydrogen (secondary N) is 1. The second kappa shape index (κ2) is 11.3. The first-order valence-electron chi connectivity index (χ1n) is 11.1. The Balaban J connectivity index is 1.63. The summed E-state index contributed by atoms with van der Waals surface area (Å²) in [5.41, 5.74) is 0.650. The molecule has 1 fully saturated rings. The van der Waals surface area contributed by atoms with E-state index in [2.05, 4.69) is 27.1 Å². The number of alkyl halides is 2. The van der Waals surface area contributed by atoms with E-state index in [9.17, 15) is 13.6 Å². The molecule has 1 amide bonds. The number of carbonyl (C=O) groups is 1. The molecule has 33 heavy (non-hydrogen) atoms. The molecule has 0 aromatic heterocycles. The molecule has 0 spiro atoms. The number of piperidine rings is 1. The van der Waals surface area contributed by atoms with Gasteiger partial charge in [0.15, 0.2) is 0 Å². The van der Waals surface area contributed by atoms with Gasteiger partial charge >= 0.3 is 12.7 Å². The van der Waals surface area contributed by atoms with Gasteiger partial charge in [0, 0.05) is 31.6 Å². The van der Waals surface area contributed by atoms with Gasteiger partial charge in [-0.15, -0.1) is 0 Å². The van der Waals surface area contributed by atoms with Crippen molar-refractivity contribution in [2.75, 3.05) is 19.7 Å². The summed E-state index contributed by atoms with van der Waals surface area (Å²) in [6.07, 6.45) is 0.323. The van der Waals surface area contributed by atoms with Crippen LogP contribution >= 0.6 is 0 Å². The Morgan fingerprint density at radius 2 is 1.76 bits per heavy atom. The molecule has 2 atom stereocenters. The Bertz CT molecular complexity index is 872. The molecular weight excluding hydrogens is 430 g/mol. The zero-order chi connectivity index (χ0) is 23.8. The predicted octanol–water partition coefficient (Wildman–Crippen LogP) is 5.08. The number of carbonyl (C=O) groups excluding carboxylic acids is 1. The molecule has 0 saturated carbocycles. The van der Waals surface area contributed by atoms with Crippen LogP contribution < -0.4 is 14.8 Å². The molecule has 2 aromatic rings. The summed E-state index contributed by atoms with van der Waals surface area (Å²) in [4.78, 5) is 14.7. The largest absolute Gasteiger partial charge is 0.493 e. The maximum atomic E-state index is 12.4. The van der Waals surface area contributed by atoms with Crippen LogP contribution in [0.4, 0.5) is 13.6 Å². The van der Waals surface area contributed by atoms with Gasteiger partial charge in [0.05, 0.1) is 6.61 Å². The van der Waals surface area contributed by atoms with Gasteiger partial charge in [-0.25, -0.2) is 4.79 Å². The molecule has 1 aliphatic heterocycles. The van der Waals surface area contributed by atoms with Gasteiger partial charge in [-0.3, -0.25) is 4.90 Å². The number of nitrogens with zero attached hydrogens (tertiary/aromatic N) is 1. The Morgan fingerprint density at radius 1 is 1.09 bits per heavy atom. The fraction of sp³-hybridized carbons (Fsp3) is 0.480. The van der Waals surface area contributed by atoms with E-state index in [4.69, 9.17) is 9.47 Å². The van der Waals surface area contributed by atoms with Crippen LogP contribution in [0.5, 0.6) is 11.5 Å². The number of benzene rings is 2. The Hall–Kier alpha value is -2.87. The molecule has 0 radical (unpaired) electrons. The van der Waals surface area contributed by atoms with Crippen molar-refractivity contribution in [1.29, 1.82) is 0 Å². The molecule has 1 heterocycles. The highest BCUT2D eigenvalue weighted by molar-refractivity contribution is 5.68. The van der Waals surface area contributed by atoms with Crippen LogP contribution in [0, 0.1) is 5.92 Å². The fourth-order valence-electron chi connectivity index (χ4n) is 3.83. The molecule has 1 saturated heterocycles. The molecule has 2 unspecified atom stereocenters. The summed E-state index contributed by atoms with van der Waals surface area (Å²) in [5, 5.41) is 3.01. The number of likely N-dealkylation sites (tertiary alicyclic amines) is 1. The van der Waals surface area contributed by atoms with E-state index in [0.717, 1.165) is 26.1 Å². The second-order valence-corrected chi connectivity index (χ2v) is 9.18. The lowest BCUT2D eigenvalue weighted by Gasteiger charge is -2.39. The third-order valence-corrected chi connectivity index (χ3v) is 5.28. The van der Waals surface area contributed by atoms with Crippen molar-refractivity contribution in [3.05, 3.63) is 60.2 Å². The molecule has 1 N–H and O–H groups in total. The zero-order valence-electron chi connectivity index (χ0n) is 19.3. The normalized spacial score (nSPS) is 19.2. The minimum atomic E-state index is -2.87. The summed E-state index contributed by atoms with van der Waals surface area (Å²) < 4.78 is 40.5. The summed E-state index contributed by atoms with van der Waals surface area (Å²) in [7, 11) is 0. The van der Waals surface area contributed by atoms with Crippen molar-refractivity contribution in [3.63, 3.8) is 0 Å². The van der Waals surface area contributed by atoms with E-state index >= 15 is 0 Å². The first-order chi connectivity index (χ1) is 15.7. The number of rotatable bonds is 8. The third kappa shape index (κ3) is 8.53. The van der Waals surface area contributed by atoms with Gasteiger partial charge in [0.2, 0.25) is 0 Å². The SMILES string of the molecule is CC(C)(C)OC(=O)NC1CCN(Cc2ccccc2)CC1COc1ccc(OC(F)F)cc1. The van der Waals surface area contributed by atoms with E-state index in [1.165, 1.54) is 17.7 Å². The van der Waals surface area contributed by atoms with Gasteiger partial charge in [0.1, 0.15) is 17.1 Å². The number of hydrogen-bond acceptors (Lipinski definition) is 5. The van der Waals surface area contributed by atoms with E-state index in [0.29, 0.717) is 12.4 Å². The average molecular weight is 463 g/mol. The highest BCUT2D eigenvalue weighted by Gasteiger charge is 2.32. The molecule has 0 bridgehead atoms. The standard InChI is InChI=1S/C25H32F2N2O4/c1-25(2,3)33-24(30)28-22-13-14-29(15-18-7-5-4-6-8-18)16-19(22)17-31-20-9-11-21(12-10-20)32-23(26)27/h4-12,19,22-23H,13-17H2,1-3H3,(H,28,30). The first-order valence-corrected chi connectivity index (χ1v) is 11.1. The molecule has 6 nitrogen and oxygen atoms in total. The molecule has 180 valence electrons. The monoisotopic (exact) mass is 462 g/mol. The summed E-state index contributed by atoms with van der Waals surface area (Å²) >= 11 is 0. The topological polar surface area (TPSA) is 60.0 Å². The smallest absolute Gasteiger partial charge is 0.407 e. The van der Waals surface area contributed by atoms with Gasteiger partial charge in [0.25, 0.3) is 0 Å². The van der Waals surface area contributed by atoms with E-state index in [-0.39, 0.29) is 17.7 Å². The van der Waals surface area contributed by atoms with Crippen molar-refractivity contribution in [2.45, 2.75) is 52.0 Å². The summed E-state index contributed by atoms with van der Waals surface area (Å²) in [5.74, 6) is 0.647. The fourth-order valence-corrected chi connectivity index (χ4v) is 3.83.